The van der Waals surface area contributed by atoms with Gasteiger partial charge in [0.15, 0.2) is 0 Å². The number of aryl methyl sites for hydroxylation is 1. The van der Waals surface area contributed by atoms with Gasteiger partial charge in [0.2, 0.25) is 0 Å². The van der Waals surface area contributed by atoms with Gasteiger partial charge in [0.25, 0.3) is 0 Å². The van der Waals surface area contributed by atoms with Crippen molar-refractivity contribution in [3.63, 3.8) is 0 Å². The zero-order chi connectivity index (χ0) is 9.14. The second-order valence-electron chi connectivity index (χ2n) is 2.67. The molecule has 1 aromatic rings. The summed E-state index contributed by atoms with van der Waals surface area (Å²) in [5.41, 5.74) is 8.10. The van der Waals surface area contributed by atoms with Gasteiger partial charge in [-0.3, -0.25) is 0 Å². The van der Waals surface area contributed by atoms with E-state index in [4.69, 9.17) is 17.3 Å². The summed E-state index contributed by atoms with van der Waals surface area (Å²) >= 11 is 5.79. The molecular weight excluding hydrogens is 174 g/mol. The lowest BCUT2D eigenvalue weighted by molar-refractivity contribution is -0.107. The Morgan fingerprint density at radius 3 is 2.83 bits per heavy atom. The summed E-state index contributed by atoms with van der Waals surface area (Å²) in [6.07, 6.45) is 1.15. The predicted molar refractivity (Wildman–Crippen MR) is 50.4 cm³/mol. The van der Waals surface area contributed by atoms with Crippen LogP contribution in [-0.4, -0.2) is 6.29 Å². The summed E-state index contributed by atoms with van der Waals surface area (Å²) in [6.45, 7) is 1.87. The summed E-state index contributed by atoms with van der Waals surface area (Å²) in [7, 11) is 0. The molecular formula is C9H10ClNO. The van der Waals surface area contributed by atoms with E-state index in [1.54, 1.807) is 12.1 Å². The summed E-state index contributed by atoms with van der Waals surface area (Å²) in [5, 5.41) is 0.624. The van der Waals surface area contributed by atoms with E-state index in [1.807, 2.05) is 6.92 Å². The Kier molecular flexibility index (Phi) is 2.71. The van der Waals surface area contributed by atoms with Gasteiger partial charge in [-0.15, -0.1) is 0 Å². The Bertz CT molecular complexity index is 310. The number of nitrogens with two attached hydrogens (primary N) is 1. The zero-order valence-electron chi connectivity index (χ0n) is 6.80. The van der Waals surface area contributed by atoms with Gasteiger partial charge < -0.3 is 10.5 Å². The Morgan fingerprint density at radius 2 is 2.25 bits per heavy atom. The molecule has 1 rings (SSSR count). The van der Waals surface area contributed by atoms with Crippen molar-refractivity contribution < 1.29 is 4.79 Å². The number of carbonyl (C=O) groups excluding carboxylic acids is 1. The summed E-state index contributed by atoms with van der Waals surface area (Å²) < 4.78 is 0. The highest BCUT2D eigenvalue weighted by Gasteiger charge is 2.02. The van der Waals surface area contributed by atoms with Crippen molar-refractivity contribution in [3.05, 3.63) is 28.3 Å². The van der Waals surface area contributed by atoms with Crippen LogP contribution in [0.3, 0.4) is 0 Å². The van der Waals surface area contributed by atoms with Crippen molar-refractivity contribution in [1.29, 1.82) is 0 Å². The van der Waals surface area contributed by atoms with Gasteiger partial charge in [-0.05, 0) is 30.2 Å². The van der Waals surface area contributed by atoms with E-state index >= 15 is 0 Å². The van der Waals surface area contributed by atoms with Crippen LogP contribution in [0.5, 0.6) is 0 Å². The summed E-state index contributed by atoms with van der Waals surface area (Å²) in [5.74, 6) is 0. The first-order chi connectivity index (χ1) is 5.65. The van der Waals surface area contributed by atoms with E-state index in [-0.39, 0.29) is 0 Å². The van der Waals surface area contributed by atoms with Crippen molar-refractivity contribution in [2.24, 2.45) is 0 Å². The molecule has 0 heterocycles. The molecule has 3 heteroatoms. The molecule has 2 nitrogen and oxygen atoms in total. The molecule has 0 saturated carbocycles. The molecule has 0 fully saturated rings. The highest BCUT2D eigenvalue weighted by Crippen LogP contribution is 2.22. The van der Waals surface area contributed by atoms with Gasteiger partial charge in [0, 0.05) is 17.1 Å². The van der Waals surface area contributed by atoms with E-state index in [1.165, 1.54) is 0 Å². The summed E-state index contributed by atoms with van der Waals surface area (Å²) in [6, 6.07) is 3.50. The Morgan fingerprint density at radius 1 is 1.58 bits per heavy atom. The number of anilines is 1. The van der Waals surface area contributed by atoms with Gasteiger partial charge in [0.1, 0.15) is 6.29 Å². The second kappa shape index (κ2) is 3.59. The monoisotopic (exact) mass is 183 g/mol. The Hall–Kier alpha value is -1.02. The molecule has 64 valence electrons. The van der Waals surface area contributed by atoms with Gasteiger partial charge in [-0.2, -0.15) is 0 Å². The maximum atomic E-state index is 10.3. The Labute approximate surface area is 76.3 Å². The van der Waals surface area contributed by atoms with E-state index < -0.39 is 0 Å². The molecule has 0 amide bonds. The molecule has 0 spiro atoms. The van der Waals surface area contributed by atoms with E-state index in [9.17, 15) is 4.79 Å². The molecule has 0 aliphatic heterocycles. The van der Waals surface area contributed by atoms with Gasteiger partial charge in [-0.25, -0.2) is 0 Å². The van der Waals surface area contributed by atoms with E-state index in [0.717, 1.165) is 17.4 Å². The number of nitrogen functional groups attached to an aromatic ring is 1. The lowest BCUT2D eigenvalue weighted by Gasteiger charge is -2.05. The fraction of sp³-hybridized carbons (Fsp3) is 0.222. The second-order valence-corrected chi connectivity index (χ2v) is 3.10. The average molecular weight is 184 g/mol. The number of aldehydes is 1. The maximum absolute atomic E-state index is 10.3. The minimum atomic E-state index is 0.327. The first-order valence-corrected chi connectivity index (χ1v) is 4.01. The lowest BCUT2D eigenvalue weighted by Crippen LogP contribution is -1.97. The van der Waals surface area contributed by atoms with Crippen LogP contribution in [0.1, 0.15) is 11.1 Å². The van der Waals surface area contributed by atoms with Gasteiger partial charge in [0.05, 0.1) is 0 Å². The van der Waals surface area contributed by atoms with Crippen molar-refractivity contribution in [1.82, 2.24) is 0 Å². The number of carbonyl (C=O) groups is 1. The molecule has 0 aliphatic carbocycles. The predicted octanol–water partition coefficient (Wildman–Crippen LogP) is 1.97. The van der Waals surface area contributed by atoms with Crippen LogP contribution in [0.4, 0.5) is 5.69 Å². The Balaban J connectivity index is 3.17. The van der Waals surface area contributed by atoms with Crippen LogP contribution < -0.4 is 5.73 Å². The standard InChI is InChI=1S/C9H10ClNO/c1-6-4-8(10)5-7(2-3-12)9(6)11/h3-5H,2,11H2,1H3. The first kappa shape index (κ1) is 9.07. The number of halogens is 1. The highest BCUT2D eigenvalue weighted by atomic mass is 35.5. The molecule has 2 N–H and O–H groups in total. The maximum Gasteiger partial charge on any atom is 0.124 e. The highest BCUT2D eigenvalue weighted by molar-refractivity contribution is 6.30. The number of hydrogen-bond donors (Lipinski definition) is 1. The van der Waals surface area contributed by atoms with Crippen LogP contribution in [-0.2, 0) is 11.2 Å². The third kappa shape index (κ3) is 1.77. The minimum absolute atomic E-state index is 0.327. The fourth-order valence-electron chi connectivity index (χ4n) is 1.08. The van der Waals surface area contributed by atoms with Crippen molar-refractivity contribution >= 4 is 23.6 Å². The largest absolute Gasteiger partial charge is 0.398 e. The SMILES string of the molecule is Cc1cc(Cl)cc(CC=O)c1N. The summed E-state index contributed by atoms with van der Waals surface area (Å²) in [4.78, 5) is 10.3. The molecule has 0 bridgehead atoms. The van der Waals surface area contributed by atoms with Crippen molar-refractivity contribution in [3.8, 4) is 0 Å². The molecule has 0 aromatic heterocycles. The molecule has 1 aromatic carbocycles. The molecule has 0 atom stereocenters. The fourth-order valence-corrected chi connectivity index (χ4v) is 1.38. The smallest absolute Gasteiger partial charge is 0.124 e. The third-order valence-corrected chi connectivity index (χ3v) is 1.96. The first-order valence-electron chi connectivity index (χ1n) is 3.63. The van der Waals surface area contributed by atoms with Crippen molar-refractivity contribution in [2.75, 3.05) is 5.73 Å². The van der Waals surface area contributed by atoms with Crippen LogP contribution in [0.2, 0.25) is 5.02 Å². The average Bonchev–Trinajstić information content (AvgIpc) is 2.00. The molecule has 0 aliphatic rings. The van der Waals surface area contributed by atoms with E-state index in [2.05, 4.69) is 0 Å². The van der Waals surface area contributed by atoms with E-state index in [0.29, 0.717) is 17.1 Å². The topological polar surface area (TPSA) is 43.1 Å². The van der Waals surface area contributed by atoms with Crippen LogP contribution in [0.25, 0.3) is 0 Å². The molecule has 0 saturated heterocycles. The van der Waals surface area contributed by atoms with Gasteiger partial charge in [-0.1, -0.05) is 11.6 Å². The molecule has 0 unspecified atom stereocenters. The number of hydrogen-bond acceptors (Lipinski definition) is 2. The quantitative estimate of drug-likeness (QED) is 0.563. The lowest BCUT2D eigenvalue weighted by atomic mass is 10.1. The minimum Gasteiger partial charge on any atom is -0.398 e. The van der Waals surface area contributed by atoms with Crippen molar-refractivity contribution in [2.45, 2.75) is 13.3 Å². The third-order valence-electron chi connectivity index (χ3n) is 1.74. The van der Waals surface area contributed by atoms with Crippen LogP contribution in [0, 0.1) is 6.92 Å². The number of rotatable bonds is 2. The number of benzene rings is 1. The van der Waals surface area contributed by atoms with Crippen LogP contribution in [0.15, 0.2) is 12.1 Å². The van der Waals surface area contributed by atoms with Crippen LogP contribution >= 0.6 is 11.6 Å². The normalized spacial score (nSPS) is 9.83. The van der Waals surface area contributed by atoms with Gasteiger partial charge >= 0.3 is 0 Å². The molecule has 0 radical (unpaired) electrons. The zero-order valence-corrected chi connectivity index (χ0v) is 7.56. The molecule has 12 heavy (non-hydrogen) atoms.